The van der Waals surface area contributed by atoms with Crippen molar-refractivity contribution >= 4 is 35.1 Å². The molecule has 16 heteroatoms. The highest BCUT2D eigenvalue weighted by atomic mass is 35.5. The van der Waals surface area contributed by atoms with Crippen molar-refractivity contribution in [3.8, 4) is 0 Å². The Morgan fingerprint density at radius 1 is 0.867 bits per heavy atom. The monoisotopic (exact) mass is 684 g/mol. The molecule has 0 aromatic heterocycles. The molecular formula is C29H46Cl2N2O12. The standard InChI is InChI=1S/C29H46Cl2N2O12/c30-21-12-16(7-9-25(21)42-29(36)27-19(28(34)35)4-2-5-23(27)33(37)38)11-17-8-10-26(22(31)13-17)43-41-15-20-18(14-40-39)3-1-6-24(20)44-45-32/h16-27,39H,1-15,32H2,(H,34,35). The lowest BCUT2D eigenvalue weighted by atomic mass is 9.75. The summed E-state index contributed by atoms with van der Waals surface area (Å²) in [5.74, 6) is 1.13. The summed E-state index contributed by atoms with van der Waals surface area (Å²) in [7, 11) is 0. The van der Waals surface area contributed by atoms with E-state index in [-0.39, 0.29) is 55.5 Å². The van der Waals surface area contributed by atoms with E-state index in [0.29, 0.717) is 31.1 Å². The van der Waals surface area contributed by atoms with Gasteiger partial charge in [0.25, 0.3) is 0 Å². The molecule has 4 saturated carbocycles. The lowest BCUT2D eigenvalue weighted by Gasteiger charge is -2.38. The smallest absolute Gasteiger partial charge is 0.317 e. The predicted molar refractivity (Wildman–Crippen MR) is 158 cm³/mol. The van der Waals surface area contributed by atoms with E-state index in [1.165, 1.54) is 0 Å². The maximum atomic E-state index is 13.0. The molecule has 0 amide bonds. The van der Waals surface area contributed by atoms with Crippen LogP contribution in [0.15, 0.2) is 0 Å². The van der Waals surface area contributed by atoms with Crippen LogP contribution in [0.3, 0.4) is 0 Å². The first-order chi connectivity index (χ1) is 21.6. The number of esters is 1. The van der Waals surface area contributed by atoms with Gasteiger partial charge in [0, 0.05) is 17.3 Å². The van der Waals surface area contributed by atoms with E-state index in [2.05, 4.69) is 9.88 Å². The third-order valence-corrected chi connectivity index (χ3v) is 11.3. The zero-order chi connectivity index (χ0) is 32.5. The van der Waals surface area contributed by atoms with Gasteiger partial charge in [-0.1, -0.05) is 6.42 Å². The van der Waals surface area contributed by atoms with Crippen molar-refractivity contribution < 1.29 is 54.2 Å². The van der Waals surface area contributed by atoms with E-state index >= 15 is 0 Å². The fourth-order valence-corrected chi connectivity index (χ4v) is 8.82. The molecule has 4 fully saturated rings. The Hall–Kier alpha value is -1.36. The lowest BCUT2D eigenvalue weighted by molar-refractivity contribution is -0.534. The average Bonchev–Trinajstić information content (AvgIpc) is 3.00. The normalized spacial score (nSPS) is 39.2. The van der Waals surface area contributed by atoms with Gasteiger partial charge >= 0.3 is 11.9 Å². The van der Waals surface area contributed by atoms with Crippen molar-refractivity contribution in [2.45, 2.75) is 119 Å². The van der Waals surface area contributed by atoms with E-state index in [0.717, 1.165) is 51.4 Å². The molecule has 0 bridgehead atoms. The quantitative estimate of drug-likeness (QED) is 0.0751. The van der Waals surface area contributed by atoms with Crippen LogP contribution in [0.1, 0.15) is 83.5 Å². The molecule has 0 aromatic rings. The van der Waals surface area contributed by atoms with Crippen LogP contribution in [0.4, 0.5) is 0 Å². The number of nitro groups is 1. The Bertz CT molecular complexity index is 942. The molecule has 4 aliphatic carbocycles. The first kappa shape index (κ1) is 36.5. The van der Waals surface area contributed by atoms with Crippen molar-refractivity contribution in [3.63, 3.8) is 0 Å². The second kappa shape index (κ2) is 17.7. The molecular weight excluding hydrogens is 639 g/mol. The number of alkyl halides is 2. The van der Waals surface area contributed by atoms with Crippen LogP contribution in [-0.2, 0) is 38.9 Å². The van der Waals surface area contributed by atoms with Crippen LogP contribution in [-0.4, -0.2) is 75.5 Å². The summed E-state index contributed by atoms with van der Waals surface area (Å²) in [6, 6.07) is -1.27. The Kier molecular flexibility index (Phi) is 14.3. The van der Waals surface area contributed by atoms with Crippen LogP contribution in [0.25, 0.3) is 0 Å². The number of carboxylic acid groups (broad SMARTS) is 1. The van der Waals surface area contributed by atoms with Crippen molar-refractivity contribution in [1.29, 1.82) is 0 Å². The summed E-state index contributed by atoms with van der Waals surface area (Å²) in [5.41, 5.74) is 0. The molecule has 4 aliphatic rings. The largest absolute Gasteiger partial charge is 0.481 e. The minimum absolute atomic E-state index is 0.00807. The highest BCUT2D eigenvalue weighted by Crippen LogP contribution is 2.41. The summed E-state index contributed by atoms with van der Waals surface area (Å²) in [4.78, 5) is 61.2. The van der Waals surface area contributed by atoms with E-state index in [4.69, 9.17) is 53.8 Å². The summed E-state index contributed by atoms with van der Waals surface area (Å²) >= 11 is 13.4. The van der Waals surface area contributed by atoms with Crippen molar-refractivity contribution in [3.05, 3.63) is 10.1 Å². The van der Waals surface area contributed by atoms with Crippen LogP contribution in [0, 0.1) is 45.6 Å². The van der Waals surface area contributed by atoms with Gasteiger partial charge in [-0.3, -0.25) is 25.0 Å². The van der Waals surface area contributed by atoms with Crippen LogP contribution < -0.4 is 5.90 Å². The van der Waals surface area contributed by atoms with Crippen LogP contribution >= 0.6 is 23.2 Å². The molecule has 0 aromatic carbocycles. The number of hydrogen-bond donors (Lipinski definition) is 3. The van der Waals surface area contributed by atoms with Gasteiger partial charge in [-0.25, -0.2) is 19.6 Å². The maximum Gasteiger partial charge on any atom is 0.317 e. The lowest BCUT2D eigenvalue weighted by Crippen LogP contribution is -2.48. The van der Waals surface area contributed by atoms with Crippen molar-refractivity contribution in [2.75, 3.05) is 13.2 Å². The highest BCUT2D eigenvalue weighted by Gasteiger charge is 2.50. The topological polar surface area (TPSA) is 199 Å². The van der Waals surface area contributed by atoms with Crippen LogP contribution in [0.5, 0.6) is 0 Å². The Morgan fingerprint density at radius 3 is 2.13 bits per heavy atom. The van der Waals surface area contributed by atoms with Crippen molar-refractivity contribution in [1.82, 2.24) is 0 Å². The molecule has 0 radical (unpaired) electrons. The predicted octanol–water partition coefficient (Wildman–Crippen LogP) is 4.66. The number of ether oxygens (including phenoxy) is 1. The Morgan fingerprint density at radius 2 is 1.53 bits per heavy atom. The SMILES string of the molecule is NOOC1CCCC(COO)C1COOC1CCC(CC2CCC(OC(=O)C3C(C(=O)O)CCCC3[N+](=O)[O-])C(Cl)C2)CC1Cl. The number of carbonyl (C=O) groups excluding carboxylic acids is 1. The minimum atomic E-state index is -1.32. The zero-order valence-electron chi connectivity index (χ0n) is 25.3. The summed E-state index contributed by atoms with van der Waals surface area (Å²) < 4.78 is 5.66. The second-order valence-corrected chi connectivity index (χ2v) is 14.3. The molecule has 12 unspecified atom stereocenters. The molecule has 258 valence electrons. The Labute approximate surface area is 272 Å². The van der Waals surface area contributed by atoms with E-state index in [1.54, 1.807) is 0 Å². The van der Waals surface area contributed by atoms with Gasteiger partial charge < -0.3 is 9.84 Å². The van der Waals surface area contributed by atoms with Gasteiger partial charge in [0.2, 0.25) is 6.04 Å². The number of halogens is 2. The maximum absolute atomic E-state index is 13.0. The minimum Gasteiger partial charge on any atom is -0.481 e. The number of nitrogens with zero attached hydrogens (tertiary/aromatic N) is 1. The third kappa shape index (κ3) is 9.83. The summed E-state index contributed by atoms with van der Waals surface area (Å²) in [5, 5.41) is 29.4. The third-order valence-electron chi connectivity index (χ3n) is 10.4. The highest BCUT2D eigenvalue weighted by molar-refractivity contribution is 6.21. The molecule has 0 aliphatic heterocycles. The van der Waals surface area contributed by atoms with Gasteiger partial charge in [0.15, 0.2) is 0 Å². The fourth-order valence-electron chi connectivity index (χ4n) is 7.97. The van der Waals surface area contributed by atoms with E-state index in [9.17, 15) is 24.8 Å². The zero-order valence-corrected chi connectivity index (χ0v) is 26.8. The number of rotatable bonds is 14. The van der Waals surface area contributed by atoms with E-state index < -0.39 is 46.2 Å². The van der Waals surface area contributed by atoms with Gasteiger partial charge in [0.1, 0.15) is 24.2 Å². The Balaban J connectivity index is 1.20. The average molecular weight is 686 g/mol. The second-order valence-electron chi connectivity index (χ2n) is 13.2. The number of nitrogens with two attached hydrogens (primary N) is 1. The number of carboxylic acids is 1. The van der Waals surface area contributed by atoms with Gasteiger partial charge in [-0.05, 0) is 88.4 Å². The molecule has 45 heavy (non-hydrogen) atoms. The molecule has 4 rings (SSSR count). The molecule has 0 saturated heterocycles. The van der Waals surface area contributed by atoms with Crippen LogP contribution in [0.2, 0.25) is 0 Å². The van der Waals surface area contributed by atoms with E-state index in [1.807, 2.05) is 0 Å². The van der Waals surface area contributed by atoms with Gasteiger partial charge in [0.05, 0.1) is 29.9 Å². The number of aliphatic carboxylic acids is 1. The van der Waals surface area contributed by atoms with Gasteiger partial charge in [-0.15, -0.1) is 28.2 Å². The summed E-state index contributed by atoms with van der Waals surface area (Å²) in [6.07, 6.45) is 7.16. The molecule has 0 spiro atoms. The molecule has 14 nitrogen and oxygen atoms in total. The van der Waals surface area contributed by atoms with Gasteiger partial charge in [-0.2, -0.15) is 5.90 Å². The molecule has 4 N–H and O–H groups in total. The molecule has 12 atom stereocenters. The number of hydrogen-bond acceptors (Lipinski definition) is 12. The first-order valence-corrected chi connectivity index (χ1v) is 16.9. The fraction of sp³-hybridized carbons (Fsp3) is 0.931. The molecule has 0 heterocycles. The first-order valence-electron chi connectivity index (χ1n) is 16.0. The number of carbonyl (C=O) groups is 2. The van der Waals surface area contributed by atoms with Crippen molar-refractivity contribution in [2.24, 2.45) is 41.4 Å². The summed E-state index contributed by atoms with van der Waals surface area (Å²) in [6.45, 7) is 0.351.